The van der Waals surface area contributed by atoms with Crippen molar-refractivity contribution in [3.05, 3.63) is 59.2 Å². The third kappa shape index (κ3) is 3.93. The van der Waals surface area contributed by atoms with Gasteiger partial charge in [-0.15, -0.1) is 0 Å². The molecule has 4 N–H and O–H groups in total. The van der Waals surface area contributed by atoms with E-state index in [-0.39, 0.29) is 11.9 Å². The van der Waals surface area contributed by atoms with Gasteiger partial charge in [-0.2, -0.15) is 0 Å². The first kappa shape index (κ1) is 17.5. The van der Waals surface area contributed by atoms with Crippen LogP contribution in [0, 0.1) is 5.41 Å². The van der Waals surface area contributed by atoms with Crippen molar-refractivity contribution in [2.45, 2.75) is 26.3 Å². The molecule has 24 heavy (non-hydrogen) atoms. The SMILES string of the molecule is CCC(NC(=O)c1ccc(N)c(C(C)=N)c1)c1cccc(OC)c1. The van der Waals surface area contributed by atoms with Gasteiger partial charge in [-0.1, -0.05) is 19.1 Å². The minimum atomic E-state index is -0.188. The average Bonchev–Trinajstić information content (AvgIpc) is 2.59. The molecule has 0 heterocycles. The Bertz CT molecular complexity index is 756. The third-order valence-electron chi connectivity index (χ3n) is 3.93. The monoisotopic (exact) mass is 325 g/mol. The maximum atomic E-state index is 12.6. The van der Waals surface area contributed by atoms with Crippen LogP contribution in [0.4, 0.5) is 5.69 Å². The number of benzene rings is 2. The van der Waals surface area contributed by atoms with Gasteiger partial charge < -0.3 is 21.2 Å². The lowest BCUT2D eigenvalue weighted by atomic mass is 10.0. The summed E-state index contributed by atoms with van der Waals surface area (Å²) in [6.07, 6.45) is 0.754. The number of nitrogens with two attached hydrogens (primary N) is 1. The van der Waals surface area contributed by atoms with Crippen molar-refractivity contribution < 1.29 is 9.53 Å². The first-order valence-electron chi connectivity index (χ1n) is 7.86. The Labute approximate surface area is 142 Å². The molecule has 1 amide bonds. The normalized spacial score (nSPS) is 11.6. The largest absolute Gasteiger partial charge is 0.497 e. The van der Waals surface area contributed by atoms with E-state index >= 15 is 0 Å². The summed E-state index contributed by atoms with van der Waals surface area (Å²) in [6.45, 7) is 3.67. The molecule has 0 aliphatic carbocycles. The van der Waals surface area contributed by atoms with Crippen LogP contribution in [0.5, 0.6) is 5.75 Å². The molecule has 126 valence electrons. The van der Waals surface area contributed by atoms with Gasteiger partial charge in [0.15, 0.2) is 0 Å². The summed E-state index contributed by atoms with van der Waals surface area (Å²) >= 11 is 0. The molecule has 5 heteroatoms. The fraction of sp³-hybridized carbons (Fsp3) is 0.263. The second-order valence-corrected chi connectivity index (χ2v) is 5.64. The highest BCUT2D eigenvalue weighted by atomic mass is 16.5. The molecule has 5 nitrogen and oxygen atoms in total. The minimum absolute atomic E-state index is 0.116. The third-order valence-corrected chi connectivity index (χ3v) is 3.93. The Morgan fingerprint density at radius 3 is 2.67 bits per heavy atom. The lowest BCUT2D eigenvalue weighted by molar-refractivity contribution is 0.0935. The average molecular weight is 325 g/mol. The van der Waals surface area contributed by atoms with Gasteiger partial charge in [0, 0.05) is 22.5 Å². The van der Waals surface area contributed by atoms with Crippen molar-refractivity contribution in [2.75, 3.05) is 12.8 Å². The zero-order chi connectivity index (χ0) is 17.7. The molecule has 0 saturated carbocycles. The standard InChI is InChI=1S/C19H23N3O2/c1-4-18(13-6-5-7-15(10-13)24-3)22-19(23)14-8-9-17(21)16(11-14)12(2)20/h5-11,18,20H,4,21H2,1-3H3,(H,22,23). The van der Waals surface area contributed by atoms with Gasteiger partial charge in [0.1, 0.15) is 5.75 Å². The van der Waals surface area contributed by atoms with E-state index in [0.717, 1.165) is 17.7 Å². The highest BCUT2D eigenvalue weighted by molar-refractivity contribution is 6.04. The number of carbonyl (C=O) groups is 1. The lowest BCUT2D eigenvalue weighted by Gasteiger charge is -2.18. The first-order valence-corrected chi connectivity index (χ1v) is 7.86. The Morgan fingerprint density at radius 2 is 2.04 bits per heavy atom. The molecule has 2 aromatic carbocycles. The maximum Gasteiger partial charge on any atom is 0.251 e. The van der Waals surface area contributed by atoms with Crippen molar-refractivity contribution in [3.8, 4) is 5.75 Å². The molecule has 2 aromatic rings. The van der Waals surface area contributed by atoms with E-state index in [9.17, 15) is 4.79 Å². The molecule has 0 bridgehead atoms. The summed E-state index contributed by atoms with van der Waals surface area (Å²) in [5, 5.41) is 10.8. The van der Waals surface area contributed by atoms with Crippen LogP contribution in [0.1, 0.15) is 47.8 Å². The number of amides is 1. The van der Waals surface area contributed by atoms with Crippen molar-refractivity contribution in [2.24, 2.45) is 0 Å². The molecule has 0 spiro atoms. The van der Waals surface area contributed by atoms with Gasteiger partial charge >= 0.3 is 0 Å². The lowest BCUT2D eigenvalue weighted by Crippen LogP contribution is -2.28. The van der Waals surface area contributed by atoms with Crippen LogP contribution >= 0.6 is 0 Å². The van der Waals surface area contributed by atoms with Gasteiger partial charge in [-0.3, -0.25) is 4.79 Å². The summed E-state index contributed by atoms with van der Waals surface area (Å²) in [6, 6.07) is 12.5. The fourth-order valence-corrected chi connectivity index (χ4v) is 2.54. The molecule has 1 atom stereocenters. The molecule has 0 aliphatic heterocycles. The molecular formula is C19H23N3O2. The number of ether oxygens (including phenoxy) is 1. The smallest absolute Gasteiger partial charge is 0.251 e. The molecular weight excluding hydrogens is 302 g/mol. The maximum absolute atomic E-state index is 12.6. The summed E-state index contributed by atoms with van der Waals surface area (Å²) < 4.78 is 5.24. The van der Waals surface area contributed by atoms with Crippen LogP contribution in [0.15, 0.2) is 42.5 Å². The predicted molar refractivity (Wildman–Crippen MR) is 96.8 cm³/mol. The van der Waals surface area contributed by atoms with Gasteiger partial charge in [-0.25, -0.2) is 0 Å². The molecule has 0 fully saturated rings. The van der Waals surface area contributed by atoms with Crippen molar-refractivity contribution in [1.29, 1.82) is 5.41 Å². The summed E-state index contributed by atoms with van der Waals surface area (Å²) in [5.41, 5.74) is 8.75. The van der Waals surface area contributed by atoms with Gasteiger partial charge in [-0.05, 0) is 49.2 Å². The van der Waals surface area contributed by atoms with Crippen molar-refractivity contribution >= 4 is 17.3 Å². The molecule has 0 saturated heterocycles. The van der Waals surface area contributed by atoms with E-state index in [1.54, 1.807) is 32.2 Å². The Morgan fingerprint density at radius 1 is 1.29 bits per heavy atom. The predicted octanol–water partition coefficient (Wildman–Crippen LogP) is 3.55. The van der Waals surface area contributed by atoms with Crippen molar-refractivity contribution in [1.82, 2.24) is 5.32 Å². The quantitative estimate of drug-likeness (QED) is 0.560. The molecule has 2 rings (SSSR count). The van der Waals surface area contributed by atoms with E-state index in [1.165, 1.54) is 0 Å². The Kier molecular flexibility index (Phi) is 5.58. The molecule has 0 radical (unpaired) electrons. The van der Waals surface area contributed by atoms with E-state index in [0.29, 0.717) is 22.5 Å². The van der Waals surface area contributed by atoms with Gasteiger partial charge in [0.2, 0.25) is 0 Å². The zero-order valence-electron chi connectivity index (χ0n) is 14.2. The van der Waals surface area contributed by atoms with Crippen LogP contribution < -0.4 is 15.8 Å². The summed E-state index contributed by atoms with van der Waals surface area (Å²) in [5.74, 6) is 0.571. The Hall–Kier alpha value is -2.82. The van der Waals surface area contributed by atoms with Crippen LogP contribution in [0.3, 0.4) is 0 Å². The van der Waals surface area contributed by atoms with Crippen LogP contribution in [-0.4, -0.2) is 18.7 Å². The fourth-order valence-electron chi connectivity index (χ4n) is 2.54. The first-order chi connectivity index (χ1) is 11.5. The van der Waals surface area contributed by atoms with Crippen LogP contribution in [0.25, 0.3) is 0 Å². The number of nitrogens with one attached hydrogen (secondary N) is 2. The number of hydrogen-bond acceptors (Lipinski definition) is 4. The number of methoxy groups -OCH3 is 1. The van der Waals surface area contributed by atoms with E-state index in [2.05, 4.69) is 5.32 Å². The second kappa shape index (κ2) is 7.64. The molecule has 0 aliphatic rings. The van der Waals surface area contributed by atoms with Crippen molar-refractivity contribution in [3.63, 3.8) is 0 Å². The Balaban J connectivity index is 2.23. The van der Waals surface area contributed by atoms with E-state index < -0.39 is 0 Å². The number of hydrogen-bond donors (Lipinski definition) is 3. The van der Waals surface area contributed by atoms with Crippen LogP contribution in [-0.2, 0) is 0 Å². The highest BCUT2D eigenvalue weighted by Gasteiger charge is 2.16. The number of carbonyl (C=O) groups excluding carboxylic acids is 1. The van der Waals surface area contributed by atoms with E-state index in [1.807, 2.05) is 31.2 Å². The minimum Gasteiger partial charge on any atom is -0.497 e. The number of nitrogen functional groups attached to an aromatic ring is 1. The topological polar surface area (TPSA) is 88.2 Å². The highest BCUT2D eigenvalue weighted by Crippen LogP contribution is 2.22. The van der Waals surface area contributed by atoms with Crippen LogP contribution in [0.2, 0.25) is 0 Å². The number of anilines is 1. The molecule has 0 aromatic heterocycles. The second-order valence-electron chi connectivity index (χ2n) is 5.64. The van der Waals surface area contributed by atoms with Gasteiger partial charge in [0.25, 0.3) is 5.91 Å². The van der Waals surface area contributed by atoms with Gasteiger partial charge in [0.05, 0.1) is 13.2 Å². The summed E-state index contributed by atoms with van der Waals surface area (Å²) in [7, 11) is 1.62. The molecule has 1 unspecified atom stereocenters. The zero-order valence-corrected chi connectivity index (χ0v) is 14.2. The number of rotatable bonds is 6. The summed E-state index contributed by atoms with van der Waals surface area (Å²) in [4.78, 5) is 12.6. The van der Waals surface area contributed by atoms with E-state index in [4.69, 9.17) is 15.9 Å².